The Hall–Kier alpha value is -0.260. The van der Waals surface area contributed by atoms with Gasteiger partial charge in [-0.3, -0.25) is 0 Å². The molecule has 0 heteroatoms. The maximum atomic E-state index is 4.23. The van der Waals surface area contributed by atoms with Gasteiger partial charge in [-0.05, 0) is 61.7 Å². The van der Waals surface area contributed by atoms with Crippen molar-refractivity contribution in [2.45, 2.75) is 150 Å². The molecule has 3 fully saturated rings. The van der Waals surface area contributed by atoms with Crippen LogP contribution in [0.15, 0.2) is 12.2 Å². The van der Waals surface area contributed by atoms with Gasteiger partial charge in [-0.15, -0.1) is 0 Å². The SMILES string of the molecule is C=C(CC)C1CCC(C2CCCCC2)CC1.CC.CCCCCC1CCC(C)CC1. The molecule has 3 rings (SSSR count). The van der Waals surface area contributed by atoms with Crippen LogP contribution in [0.4, 0.5) is 0 Å². The standard InChI is InChI=1S/C16H28.C12H24.C2H6/c1-3-13(2)14-9-11-16(12-10-14)15-7-5-4-6-8-15;1-3-4-5-6-12-9-7-11(2)8-10-12;1-2/h14-16H,2-12H2,1H3;11-12H,3-10H2,1-2H3;1-2H3. The van der Waals surface area contributed by atoms with Crippen LogP contribution in [0.25, 0.3) is 0 Å². The van der Waals surface area contributed by atoms with Crippen LogP contribution in [0.2, 0.25) is 0 Å². The summed E-state index contributed by atoms with van der Waals surface area (Å²) < 4.78 is 0. The third-order valence-electron chi connectivity index (χ3n) is 8.47. The molecule has 0 amide bonds. The molecule has 0 radical (unpaired) electrons. The summed E-state index contributed by atoms with van der Waals surface area (Å²) in [5.74, 6) is 5.14. The molecule has 0 unspecified atom stereocenters. The van der Waals surface area contributed by atoms with Gasteiger partial charge in [0, 0.05) is 0 Å². The van der Waals surface area contributed by atoms with Crippen molar-refractivity contribution in [3.63, 3.8) is 0 Å². The minimum Gasteiger partial charge on any atom is -0.0996 e. The van der Waals surface area contributed by atoms with Gasteiger partial charge in [-0.1, -0.05) is 130 Å². The topological polar surface area (TPSA) is 0 Å². The number of hydrogen-bond acceptors (Lipinski definition) is 0. The molecule has 0 bridgehead atoms. The Bertz CT molecular complexity index is 386. The summed E-state index contributed by atoms with van der Waals surface area (Å²) in [6.07, 6.45) is 26.5. The third kappa shape index (κ3) is 10.9. The maximum Gasteiger partial charge on any atom is -0.0206 e. The van der Waals surface area contributed by atoms with Crippen molar-refractivity contribution >= 4 is 0 Å². The Morgan fingerprint density at radius 1 is 0.700 bits per heavy atom. The summed E-state index contributed by atoms with van der Waals surface area (Å²) in [6, 6.07) is 0. The first-order chi connectivity index (χ1) is 14.6. The lowest BCUT2D eigenvalue weighted by molar-refractivity contribution is 0.176. The molecular weight excluding hydrogens is 360 g/mol. The van der Waals surface area contributed by atoms with Crippen LogP contribution >= 0.6 is 0 Å². The van der Waals surface area contributed by atoms with Crippen LogP contribution in [0.1, 0.15) is 150 Å². The van der Waals surface area contributed by atoms with Gasteiger partial charge in [-0.25, -0.2) is 0 Å². The zero-order valence-corrected chi connectivity index (χ0v) is 21.8. The average Bonchev–Trinajstić information content (AvgIpc) is 2.82. The number of unbranched alkanes of at least 4 members (excludes halogenated alkanes) is 2. The van der Waals surface area contributed by atoms with Gasteiger partial charge in [0.2, 0.25) is 0 Å². The molecule has 3 aliphatic carbocycles. The highest BCUT2D eigenvalue weighted by Gasteiger charge is 2.28. The smallest absolute Gasteiger partial charge is 0.0206 e. The second-order valence-electron chi connectivity index (χ2n) is 10.6. The van der Waals surface area contributed by atoms with Crippen molar-refractivity contribution in [1.29, 1.82) is 0 Å². The van der Waals surface area contributed by atoms with Gasteiger partial charge in [0.25, 0.3) is 0 Å². The van der Waals surface area contributed by atoms with Gasteiger partial charge >= 0.3 is 0 Å². The highest BCUT2D eigenvalue weighted by atomic mass is 14.3. The van der Waals surface area contributed by atoms with Crippen molar-refractivity contribution in [2.24, 2.45) is 29.6 Å². The van der Waals surface area contributed by atoms with Crippen LogP contribution in [-0.2, 0) is 0 Å². The molecule has 0 spiro atoms. The van der Waals surface area contributed by atoms with Gasteiger partial charge in [0.05, 0.1) is 0 Å². The molecule has 0 nitrogen and oxygen atoms in total. The van der Waals surface area contributed by atoms with Crippen LogP contribution in [0, 0.1) is 29.6 Å². The van der Waals surface area contributed by atoms with E-state index >= 15 is 0 Å². The number of rotatable bonds is 7. The molecule has 0 N–H and O–H groups in total. The van der Waals surface area contributed by atoms with E-state index in [2.05, 4.69) is 27.4 Å². The van der Waals surface area contributed by atoms with E-state index in [1.807, 2.05) is 13.8 Å². The molecule has 0 aliphatic heterocycles. The lowest BCUT2D eigenvalue weighted by atomic mass is 9.70. The molecule has 0 aromatic heterocycles. The molecule has 0 saturated heterocycles. The minimum atomic E-state index is 0.866. The molecule has 0 heterocycles. The molecule has 0 aromatic rings. The fourth-order valence-corrected chi connectivity index (χ4v) is 6.19. The van der Waals surface area contributed by atoms with Gasteiger partial charge in [0.1, 0.15) is 0 Å². The van der Waals surface area contributed by atoms with E-state index in [0.717, 1.165) is 29.6 Å². The zero-order valence-electron chi connectivity index (χ0n) is 21.8. The van der Waals surface area contributed by atoms with Crippen molar-refractivity contribution < 1.29 is 0 Å². The monoisotopic (exact) mass is 418 g/mol. The van der Waals surface area contributed by atoms with Crippen LogP contribution < -0.4 is 0 Å². The van der Waals surface area contributed by atoms with E-state index in [4.69, 9.17) is 0 Å². The first kappa shape index (κ1) is 27.8. The number of allylic oxidation sites excluding steroid dienone is 1. The summed E-state index contributed by atoms with van der Waals surface area (Å²) >= 11 is 0. The third-order valence-corrected chi connectivity index (χ3v) is 8.47. The Kier molecular flexibility index (Phi) is 16.0. The first-order valence-corrected chi connectivity index (χ1v) is 14.3. The van der Waals surface area contributed by atoms with E-state index < -0.39 is 0 Å². The Balaban J connectivity index is 0.000000287. The van der Waals surface area contributed by atoms with Crippen LogP contribution in [0.3, 0.4) is 0 Å². The van der Waals surface area contributed by atoms with Crippen molar-refractivity contribution in [3.05, 3.63) is 12.2 Å². The fraction of sp³-hybridized carbons (Fsp3) is 0.933. The molecule has 178 valence electrons. The number of hydrogen-bond donors (Lipinski definition) is 0. The second-order valence-corrected chi connectivity index (χ2v) is 10.6. The van der Waals surface area contributed by atoms with E-state index in [1.54, 1.807) is 0 Å². The Morgan fingerprint density at radius 2 is 1.27 bits per heavy atom. The van der Waals surface area contributed by atoms with Gasteiger partial charge in [0.15, 0.2) is 0 Å². The Morgan fingerprint density at radius 3 is 1.80 bits per heavy atom. The minimum absolute atomic E-state index is 0.866. The lowest BCUT2D eigenvalue weighted by Gasteiger charge is -2.36. The summed E-state index contributed by atoms with van der Waals surface area (Å²) in [4.78, 5) is 0. The Labute approximate surface area is 192 Å². The molecule has 3 aliphatic rings. The van der Waals surface area contributed by atoms with Crippen molar-refractivity contribution in [1.82, 2.24) is 0 Å². The lowest BCUT2D eigenvalue weighted by Crippen LogP contribution is -2.24. The second kappa shape index (κ2) is 17.3. The van der Waals surface area contributed by atoms with Crippen LogP contribution in [-0.4, -0.2) is 0 Å². The predicted octanol–water partition coefficient (Wildman–Crippen LogP) is 10.8. The van der Waals surface area contributed by atoms with E-state index in [1.165, 1.54) is 121 Å². The predicted molar refractivity (Wildman–Crippen MR) is 138 cm³/mol. The highest BCUT2D eigenvalue weighted by Crippen LogP contribution is 2.41. The quantitative estimate of drug-likeness (QED) is 0.285. The average molecular weight is 419 g/mol. The summed E-state index contributed by atoms with van der Waals surface area (Å²) in [5, 5.41) is 0. The summed E-state index contributed by atoms with van der Waals surface area (Å²) in [6.45, 7) is 15.2. The molecule has 0 aromatic carbocycles. The maximum absolute atomic E-state index is 4.23. The normalized spacial score (nSPS) is 29.8. The van der Waals surface area contributed by atoms with Crippen LogP contribution in [0.5, 0.6) is 0 Å². The zero-order chi connectivity index (χ0) is 22.2. The van der Waals surface area contributed by atoms with Gasteiger partial charge in [-0.2, -0.15) is 0 Å². The summed E-state index contributed by atoms with van der Waals surface area (Å²) in [5.41, 5.74) is 1.52. The molecule has 3 saturated carbocycles. The highest BCUT2D eigenvalue weighted by molar-refractivity contribution is 5.01. The van der Waals surface area contributed by atoms with Crippen molar-refractivity contribution in [2.75, 3.05) is 0 Å². The summed E-state index contributed by atoms with van der Waals surface area (Å²) in [7, 11) is 0. The first-order valence-electron chi connectivity index (χ1n) is 14.3. The van der Waals surface area contributed by atoms with E-state index in [-0.39, 0.29) is 0 Å². The van der Waals surface area contributed by atoms with E-state index in [9.17, 15) is 0 Å². The molecule has 0 atom stereocenters. The molecule has 30 heavy (non-hydrogen) atoms. The van der Waals surface area contributed by atoms with Crippen molar-refractivity contribution in [3.8, 4) is 0 Å². The molecular formula is C30H58. The largest absolute Gasteiger partial charge is 0.0996 e. The fourth-order valence-electron chi connectivity index (χ4n) is 6.19. The van der Waals surface area contributed by atoms with E-state index in [0.29, 0.717) is 0 Å². The van der Waals surface area contributed by atoms with Gasteiger partial charge < -0.3 is 0 Å².